The lowest BCUT2D eigenvalue weighted by molar-refractivity contribution is -0.146. The number of nitrogens with one attached hydrogen (secondary N) is 2. The van der Waals surface area contributed by atoms with Gasteiger partial charge in [-0.05, 0) is 31.4 Å². The summed E-state index contributed by atoms with van der Waals surface area (Å²) in [4.78, 5) is 34.1. The number of nitrogens with zero attached hydrogens (tertiary/aromatic N) is 2. The lowest BCUT2D eigenvalue weighted by Gasteiger charge is -2.19. The zero-order valence-electron chi connectivity index (χ0n) is 21.8. The van der Waals surface area contributed by atoms with E-state index >= 15 is 0 Å². The third kappa shape index (κ3) is 6.02. The number of rotatable bonds is 8. The quantitative estimate of drug-likeness (QED) is 0.194. The molecule has 9 heteroatoms. The number of fused-ring (bicyclic) bond motifs is 4. The van der Waals surface area contributed by atoms with Crippen molar-refractivity contribution in [1.29, 1.82) is 0 Å². The van der Waals surface area contributed by atoms with Crippen LogP contribution in [0.25, 0.3) is 33.3 Å². The monoisotopic (exact) mass is 524 g/mol. The number of benzene rings is 3. The highest BCUT2D eigenvalue weighted by molar-refractivity contribution is 5.96. The van der Waals surface area contributed by atoms with Crippen LogP contribution < -0.4 is 16.0 Å². The highest BCUT2D eigenvalue weighted by Gasteiger charge is 2.24. The first kappa shape index (κ1) is 27.9. The largest absolute Gasteiger partial charge is 0.467 e. The number of esters is 1. The first-order valence-corrected chi connectivity index (χ1v) is 12.2. The van der Waals surface area contributed by atoms with Crippen molar-refractivity contribution >= 4 is 51.8 Å². The molecule has 196 valence electrons. The number of halogens is 1. The summed E-state index contributed by atoms with van der Waals surface area (Å²) in [5.74, 6) is -0.161. The van der Waals surface area contributed by atoms with Crippen molar-refractivity contribution in [2.45, 2.75) is 40.2 Å². The van der Waals surface area contributed by atoms with E-state index in [-0.39, 0.29) is 37.2 Å². The molecule has 2 N–H and O–H groups in total. The Bertz CT molecular complexity index is 1460. The van der Waals surface area contributed by atoms with Gasteiger partial charge in [0.2, 0.25) is 5.91 Å². The molecule has 2 aliphatic rings. The van der Waals surface area contributed by atoms with Gasteiger partial charge in [-0.15, -0.1) is 12.4 Å². The van der Waals surface area contributed by atoms with Gasteiger partial charge >= 0.3 is 5.97 Å². The Hall–Kier alpha value is -3.65. The minimum Gasteiger partial charge on any atom is -0.467 e. The van der Waals surface area contributed by atoms with Gasteiger partial charge in [-0.25, -0.2) is 9.78 Å². The molecule has 2 aromatic rings. The molecule has 0 radical (unpaired) electrons. The van der Waals surface area contributed by atoms with Crippen molar-refractivity contribution in [2.75, 3.05) is 25.5 Å². The molecule has 0 fully saturated rings. The standard InChI is InChI=1S/C28H32N4O4.ClH/c1-6-29-20-14-23-22(13-17(20)4)31-27-19-10-8-7-9-18(19)21(15-24(27)36-23)30-12-11-25(33)32-26(16(2)3)28(34)35-5;/h7-10,13-16,26,29H,6,11-12H2,1-5H3,(H,32,33);1H. The fourth-order valence-electron chi connectivity index (χ4n) is 4.25. The van der Waals surface area contributed by atoms with E-state index in [0.29, 0.717) is 11.3 Å². The van der Waals surface area contributed by atoms with E-state index in [2.05, 4.69) is 17.6 Å². The summed E-state index contributed by atoms with van der Waals surface area (Å²) >= 11 is 0. The third-order valence-electron chi connectivity index (χ3n) is 6.14. The number of amides is 1. The Morgan fingerprint density at radius 1 is 1.14 bits per heavy atom. The van der Waals surface area contributed by atoms with Crippen molar-refractivity contribution in [3.8, 4) is 11.5 Å². The number of hydrogen-bond acceptors (Lipinski definition) is 7. The van der Waals surface area contributed by atoms with Crippen LogP contribution >= 0.6 is 12.4 Å². The third-order valence-corrected chi connectivity index (χ3v) is 6.14. The van der Waals surface area contributed by atoms with Crippen molar-refractivity contribution < 1.29 is 18.7 Å². The van der Waals surface area contributed by atoms with Crippen LogP contribution in [0.2, 0.25) is 0 Å². The molecule has 1 aliphatic heterocycles. The van der Waals surface area contributed by atoms with Crippen LogP contribution in [0.3, 0.4) is 0 Å². The second-order valence-electron chi connectivity index (χ2n) is 9.11. The number of anilines is 1. The van der Waals surface area contributed by atoms with Crippen LogP contribution in [0.15, 0.2) is 51.9 Å². The number of ether oxygens (including phenoxy) is 1. The second-order valence-corrected chi connectivity index (χ2v) is 9.11. The normalized spacial score (nSPS) is 12.5. The van der Waals surface area contributed by atoms with E-state index in [4.69, 9.17) is 19.1 Å². The van der Waals surface area contributed by atoms with E-state index in [1.165, 1.54) is 7.11 Å². The van der Waals surface area contributed by atoms with Crippen LogP contribution in [0.1, 0.15) is 32.8 Å². The average molecular weight is 525 g/mol. The molecule has 1 atom stereocenters. The Morgan fingerprint density at radius 3 is 2.54 bits per heavy atom. The van der Waals surface area contributed by atoms with Crippen molar-refractivity contribution in [1.82, 2.24) is 10.3 Å². The molecule has 0 saturated heterocycles. The van der Waals surface area contributed by atoms with Crippen LogP contribution in [-0.2, 0) is 14.3 Å². The fourth-order valence-corrected chi connectivity index (χ4v) is 4.25. The predicted molar refractivity (Wildman–Crippen MR) is 148 cm³/mol. The summed E-state index contributed by atoms with van der Waals surface area (Å²) in [5.41, 5.74) is 4.36. The number of carbonyl (C=O) groups is 2. The van der Waals surface area contributed by atoms with E-state index in [0.717, 1.165) is 45.1 Å². The first-order valence-electron chi connectivity index (χ1n) is 12.2. The second kappa shape index (κ2) is 12.1. The predicted octanol–water partition coefficient (Wildman–Crippen LogP) is 4.85. The molecule has 37 heavy (non-hydrogen) atoms. The number of aromatic nitrogens is 1. The van der Waals surface area contributed by atoms with Gasteiger partial charge in [-0.1, -0.05) is 38.1 Å². The lowest BCUT2D eigenvalue weighted by Crippen LogP contribution is -2.45. The average Bonchev–Trinajstić information content (AvgIpc) is 2.86. The van der Waals surface area contributed by atoms with Gasteiger partial charge in [0.25, 0.3) is 0 Å². The topological polar surface area (TPSA) is 106 Å². The molecule has 0 spiro atoms. The van der Waals surface area contributed by atoms with Crippen LogP contribution in [-0.4, -0.2) is 43.1 Å². The summed E-state index contributed by atoms with van der Waals surface area (Å²) in [5, 5.41) is 8.70. The molecule has 2 aromatic carbocycles. The van der Waals surface area contributed by atoms with Gasteiger partial charge in [-0.2, -0.15) is 0 Å². The molecule has 8 nitrogen and oxygen atoms in total. The number of hydrogen-bond donors (Lipinski definition) is 2. The van der Waals surface area contributed by atoms with Crippen LogP contribution in [0.5, 0.6) is 0 Å². The first-order chi connectivity index (χ1) is 17.3. The summed E-state index contributed by atoms with van der Waals surface area (Å²) in [7, 11) is 1.31. The zero-order chi connectivity index (χ0) is 25.8. The molecular formula is C28H33ClN4O4. The number of methoxy groups -OCH3 is 1. The number of carbonyl (C=O) groups excluding carboxylic acids is 2. The molecule has 1 unspecified atom stereocenters. The molecule has 4 rings (SSSR count). The molecule has 1 aliphatic carbocycles. The van der Waals surface area contributed by atoms with Crippen molar-refractivity contribution in [2.24, 2.45) is 10.9 Å². The van der Waals surface area contributed by atoms with Gasteiger partial charge in [0, 0.05) is 48.1 Å². The summed E-state index contributed by atoms with van der Waals surface area (Å²) < 4.78 is 11.1. The van der Waals surface area contributed by atoms with Crippen molar-refractivity contribution in [3.05, 3.63) is 53.4 Å². The lowest BCUT2D eigenvalue weighted by atomic mass is 10.0. The number of aryl methyl sites for hydroxylation is 1. The Kier molecular flexibility index (Phi) is 9.10. The summed E-state index contributed by atoms with van der Waals surface area (Å²) in [6, 6.07) is 13.1. The highest BCUT2D eigenvalue weighted by Crippen LogP contribution is 2.32. The Balaban J connectivity index is 0.00000380. The Morgan fingerprint density at radius 2 is 1.86 bits per heavy atom. The maximum atomic E-state index is 12.5. The summed E-state index contributed by atoms with van der Waals surface area (Å²) in [6.45, 7) is 8.89. The van der Waals surface area contributed by atoms with E-state index in [1.807, 2.05) is 63.2 Å². The van der Waals surface area contributed by atoms with Gasteiger partial charge < -0.3 is 19.8 Å². The minimum atomic E-state index is -0.683. The van der Waals surface area contributed by atoms with E-state index in [1.54, 1.807) is 0 Å². The van der Waals surface area contributed by atoms with Gasteiger partial charge in [-0.3, -0.25) is 9.79 Å². The molecule has 0 saturated carbocycles. The zero-order valence-corrected chi connectivity index (χ0v) is 22.6. The van der Waals surface area contributed by atoms with Gasteiger partial charge in [0.05, 0.1) is 12.5 Å². The van der Waals surface area contributed by atoms with E-state index in [9.17, 15) is 9.59 Å². The van der Waals surface area contributed by atoms with Crippen LogP contribution in [0.4, 0.5) is 5.69 Å². The maximum Gasteiger partial charge on any atom is 0.328 e. The molecule has 0 aromatic heterocycles. The molecule has 1 amide bonds. The minimum absolute atomic E-state index is 0. The van der Waals surface area contributed by atoms with Crippen LogP contribution in [0, 0.1) is 12.8 Å². The SMILES string of the molecule is CCNc1cc2oc3cc(=NCCC(=O)NC(C(=O)OC)C(C)C)c4ccccc4c-3nc2cc1C.Cl. The summed E-state index contributed by atoms with van der Waals surface area (Å²) in [6.07, 6.45) is 0.144. The Labute approximate surface area is 222 Å². The van der Waals surface area contributed by atoms with Crippen molar-refractivity contribution in [3.63, 3.8) is 0 Å². The molecule has 1 heterocycles. The fraction of sp³-hybridized carbons (Fsp3) is 0.357. The van der Waals surface area contributed by atoms with Gasteiger partial charge in [0.15, 0.2) is 11.3 Å². The van der Waals surface area contributed by atoms with E-state index < -0.39 is 12.0 Å². The molecule has 0 bridgehead atoms. The highest BCUT2D eigenvalue weighted by atomic mass is 35.5. The smallest absolute Gasteiger partial charge is 0.328 e. The molecular weight excluding hydrogens is 492 g/mol. The van der Waals surface area contributed by atoms with Gasteiger partial charge in [0.1, 0.15) is 17.3 Å². The maximum absolute atomic E-state index is 12.5.